The molecular weight excluding hydrogens is 178 g/mol. The highest BCUT2D eigenvalue weighted by Gasteiger charge is 2.27. The molecule has 14 heavy (non-hydrogen) atoms. The van der Waals surface area contributed by atoms with Crippen molar-refractivity contribution in [2.75, 3.05) is 6.54 Å². The van der Waals surface area contributed by atoms with Crippen LogP contribution in [0.4, 0.5) is 0 Å². The van der Waals surface area contributed by atoms with E-state index in [0.717, 1.165) is 5.56 Å². The Labute approximate surface area is 82.1 Å². The van der Waals surface area contributed by atoms with Crippen molar-refractivity contribution in [3.05, 3.63) is 35.9 Å². The third-order valence-corrected chi connectivity index (χ3v) is 2.43. The lowest BCUT2D eigenvalue weighted by Gasteiger charge is -2.21. The first kappa shape index (κ1) is 8.94. The van der Waals surface area contributed by atoms with E-state index in [2.05, 4.69) is 5.32 Å². The predicted octanol–water partition coefficient (Wildman–Crippen LogP) is 0.859. The van der Waals surface area contributed by atoms with Crippen molar-refractivity contribution >= 4 is 11.7 Å². The molecular formula is C11H11NO2. The molecule has 1 aromatic rings. The lowest BCUT2D eigenvalue weighted by atomic mass is 9.90. The fourth-order valence-electron chi connectivity index (χ4n) is 1.66. The van der Waals surface area contributed by atoms with Gasteiger partial charge in [0.2, 0.25) is 5.91 Å². The normalized spacial score (nSPS) is 21.9. The molecule has 0 radical (unpaired) electrons. The van der Waals surface area contributed by atoms with Crippen LogP contribution >= 0.6 is 0 Å². The van der Waals surface area contributed by atoms with Crippen molar-refractivity contribution in [3.8, 4) is 0 Å². The first-order valence-corrected chi connectivity index (χ1v) is 4.62. The maximum atomic E-state index is 11.5. The highest BCUT2D eigenvalue weighted by atomic mass is 16.2. The summed E-state index contributed by atoms with van der Waals surface area (Å²) in [6.07, 6.45) is 0.0135. The third kappa shape index (κ3) is 1.66. The van der Waals surface area contributed by atoms with Crippen molar-refractivity contribution in [3.63, 3.8) is 0 Å². The van der Waals surface area contributed by atoms with Gasteiger partial charge >= 0.3 is 0 Å². The Morgan fingerprint density at radius 2 is 1.86 bits per heavy atom. The molecule has 1 unspecified atom stereocenters. The van der Waals surface area contributed by atoms with Crippen LogP contribution in [0.1, 0.15) is 17.9 Å². The smallest absolute Gasteiger partial charge is 0.227 e. The minimum atomic E-state index is -0.165. The topological polar surface area (TPSA) is 46.2 Å². The van der Waals surface area contributed by atoms with Crippen molar-refractivity contribution in [1.29, 1.82) is 0 Å². The lowest BCUT2D eigenvalue weighted by Crippen LogP contribution is -2.39. The second kappa shape index (κ2) is 3.62. The summed E-state index contributed by atoms with van der Waals surface area (Å²) in [5, 5.41) is 2.70. The Bertz CT molecular complexity index is 359. The summed E-state index contributed by atoms with van der Waals surface area (Å²) >= 11 is 0. The summed E-state index contributed by atoms with van der Waals surface area (Å²) in [4.78, 5) is 22.5. The molecule has 1 atom stereocenters. The Morgan fingerprint density at radius 3 is 2.50 bits per heavy atom. The summed E-state index contributed by atoms with van der Waals surface area (Å²) in [6, 6.07) is 9.55. The van der Waals surface area contributed by atoms with E-state index < -0.39 is 0 Å². The first-order chi connectivity index (χ1) is 6.77. The number of Topliss-reactive ketones (excluding diaryl/α,β-unsaturated/α-hetero) is 1. The molecule has 1 aliphatic rings. The zero-order valence-electron chi connectivity index (χ0n) is 7.69. The molecule has 72 valence electrons. The van der Waals surface area contributed by atoms with E-state index >= 15 is 0 Å². The Hall–Kier alpha value is -1.64. The van der Waals surface area contributed by atoms with Crippen LogP contribution in [0.3, 0.4) is 0 Å². The van der Waals surface area contributed by atoms with Crippen LogP contribution in [0.5, 0.6) is 0 Å². The second-order valence-corrected chi connectivity index (χ2v) is 3.41. The molecule has 1 aliphatic heterocycles. The van der Waals surface area contributed by atoms with Gasteiger partial charge in [0.05, 0.1) is 12.3 Å². The predicted molar refractivity (Wildman–Crippen MR) is 51.8 cm³/mol. The van der Waals surface area contributed by atoms with Crippen LogP contribution in [0.2, 0.25) is 0 Å². The van der Waals surface area contributed by atoms with Gasteiger partial charge in [0.25, 0.3) is 0 Å². The highest BCUT2D eigenvalue weighted by Crippen LogP contribution is 2.19. The number of piperidine rings is 1. The van der Waals surface area contributed by atoms with Crippen molar-refractivity contribution in [1.82, 2.24) is 5.32 Å². The number of nitrogens with one attached hydrogen (secondary N) is 1. The van der Waals surface area contributed by atoms with E-state index in [1.165, 1.54) is 0 Å². The Morgan fingerprint density at radius 1 is 1.14 bits per heavy atom. The van der Waals surface area contributed by atoms with Gasteiger partial charge in [-0.3, -0.25) is 9.59 Å². The van der Waals surface area contributed by atoms with E-state index in [9.17, 15) is 9.59 Å². The SMILES string of the molecule is O=C1CC(=O)C(c2ccccc2)CN1. The van der Waals surface area contributed by atoms with Gasteiger partial charge in [-0.1, -0.05) is 30.3 Å². The standard InChI is InChI=1S/C11H11NO2/c13-10-6-11(14)12-7-9(10)8-4-2-1-3-5-8/h1-5,9H,6-7H2,(H,12,14). The zero-order chi connectivity index (χ0) is 9.97. The van der Waals surface area contributed by atoms with Gasteiger partial charge in [-0.15, -0.1) is 0 Å². The zero-order valence-corrected chi connectivity index (χ0v) is 7.69. The number of hydrogen-bond donors (Lipinski definition) is 1. The summed E-state index contributed by atoms with van der Waals surface area (Å²) in [5.74, 6) is -0.309. The van der Waals surface area contributed by atoms with Gasteiger partial charge in [0.1, 0.15) is 0 Å². The molecule has 1 fully saturated rings. The maximum absolute atomic E-state index is 11.5. The second-order valence-electron chi connectivity index (χ2n) is 3.41. The number of rotatable bonds is 1. The van der Waals surface area contributed by atoms with Crippen molar-refractivity contribution in [2.45, 2.75) is 12.3 Å². The van der Waals surface area contributed by atoms with Gasteiger partial charge in [-0.05, 0) is 5.56 Å². The summed E-state index contributed by atoms with van der Waals surface area (Å²) in [5.41, 5.74) is 0.984. The van der Waals surface area contributed by atoms with Crippen LogP contribution in [0.25, 0.3) is 0 Å². The van der Waals surface area contributed by atoms with Gasteiger partial charge in [0, 0.05) is 6.54 Å². The fraction of sp³-hybridized carbons (Fsp3) is 0.273. The molecule has 0 spiro atoms. The summed E-state index contributed by atoms with van der Waals surface area (Å²) in [6.45, 7) is 0.432. The molecule has 0 bridgehead atoms. The summed E-state index contributed by atoms with van der Waals surface area (Å²) in [7, 11) is 0. The van der Waals surface area contributed by atoms with Crippen molar-refractivity contribution in [2.24, 2.45) is 0 Å². The van der Waals surface area contributed by atoms with Crippen LogP contribution in [-0.4, -0.2) is 18.2 Å². The molecule has 0 saturated carbocycles. The molecule has 3 nitrogen and oxygen atoms in total. The quantitative estimate of drug-likeness (QED) is 0.666. The number of hydrogen-bond acceptors (Lipinski definition) is 2. The molecule has 0 aliphatic carbocycles. The van der Waals surface area contributed by atoms with Gasteiger partial charge in [-0.2, -0.15) is 0 Å². The molecule has 1 N–H and O–H groups in total. The highest BCUT2D eigenvalue weighted by molar-refractivity contribution is 6.03. The van der Waals surface area contributed by atoms with Crippen LogP contribution in [-0.2, 0) is 9.59 Å². The average molecular weight is 189 g/mol. The number of carbonyl (C=O) groups excluding carboxylic acids is 2. The van der Waals surface area contributed by atoms with E-state index in [1.54, 1.807) is 0 Å². The van der Waals surface area contributed by atoms with Gasteiger partial charge in [-0.25, -0.2) is 0 Å². The van der Waals surface area contributed by atoms with Crippen molar-refractivity contribution < 1.29 is 9.59 Å². The van der Waals surface area contributed by atoms with E-state index in [-0.39, 0.29) is 24.0 Å². The molecule has 1 heterocycles. The summed E-state index contributed by atoms with van der Waals surface area (Å²) < 4.78 is 0. The molecule has 3 heteroatoms. The first-order valence-electron chi connectivity index (χ1n) is 4.62. The lowest BCUT2D eigenvalue weighted by molar-refractivity contribution is -0.131. The molecule has 0 aromatic heterocycles. The van der Waals surface area contributed by atoms with Gasteiger partial charge in [0.15, 0.2) is 5.78 Å². The Kier molecular flexibility index (Phi) is 2.31. The third-order valence-electron chi connectivity index (χ3n) is 2.43. The maximum Gasteiger partial charge on any atom is 0.227 e. The number of amides is 1. The van der Waals surface area contributed by atoms with Gasteiger partial charge < -0.3 is 5.32 Å². The minimum Gasteiger partial charge on any atom is -0.355 e. The molecule has 1 aromatic carbocycles. The van der Waals surface area contributed by atoms with E-state index in [4.69, 9.17) is 0 Å². The largest absolute Gasteiger partial charge is 0.355 e. The van der Waals surface area contributed by atoms with E-state index in [0.29, 0.717) is 6.54 Å². The number of carbonyl (C=O) groups is 2. The monoisotopic (exact) mass is 189 g/mol. The molecule has 1 amide bonds. The van der Waals surface area contributed by atoms with E-state index in [1.807, 2.05) is 30.3 Å². The molecule has 1 saturated heterocycles. The fourth-order valence-corrected chi connectivity index (χ4v) is 1.66. The Balaban J connectivity index is 2.20. The number of benzene rings is 1. The average Bonchev–Trinajstić information content (AvgIpc) is 2.19. The van der Waals surface area contributed by atoms with Crippen LogP contribution < -0.4 is 5.32 Å². The molecule has 2 rings (SSSR count). The van der Waals surface area contributed by atoms with Crippen LogP contribution in [0.15, 0.2) is 30.3 Å². The number of ketones is 1. The minimum absolute atomic E-state index is 0.0135. The van der Waals surface area contributed by atoms with Crippen LogP contribution in [0, 0.1) is 0 Å².